The van der Waals surface area contributed by atoms with Crippen molar-refractivity contribution >= 4 is 6.09 Å². The van der Waals surface area contributed by atoms with Gasteiger partial charge in [-0.25, -0.2) is 4.79 Å². The Morgan fingerprint density at radius 2 is 2.14 bits per heavy atom. The Morgan fingerprint density at radius 3 is 2.67 bits per heavy atom. The van der Waals surface area contributed by atoms with Gasteiger partial charge in [0.05, 0.1) is 0 Å². The summed E-state index contributed by atoms with van der Waals surface area (Å²) >= 11 is 0. The average Bonchev–Trinajstić information content (AvgIpc) is 2.85. The molecule has 0 aromatic rings. The molecular weight excluding hydrogens is 264 g/mol. The molecule has 0 bridgehead atoms. The minimum absolute atomic E-state index is 0.208. The maximum absolute atomic E-state index is 12.1. The number of nitrogens with zero attached hydrogens (tertiary/aromatic N) is 2. The predicted octanol–water partition coefficient (Wildman–Crippen LogP) is 2.65. The molecule has 21 heavy (non-hydrogen) atoms. The summed E-state index contributed by atoms with van der Waals surface area (Å²) in [6.07, 6.45) is 9.57. The molecule has 1 aliphatic heterocycles. The zero-order valence-corrected chi connectivity index (χ0v) is 13.6. The van der Waals surface area contributed by atoms with Crippen molar-refractivity contribution in [3.63, 3.8) is 0 Å². The molecule has 1 amide bonds. The average molecular weight is 290 g/mol. The van der Waals surface area contributed by atoms with Crippen LogP contribution in [0.15, 0.2) is 11.6 Å². The molecule has 2 rings (SSSR count). The molecule has 0 spiro atoms. The molecular formula is C17H26N2O2. The van der Waals surface area contributed by atoms with Crippen LogP contribution in [0.2, 0.25) is 0 Å². The zero-order chi connectivity index (χ0) is 15.6. The summed E-state index contributed by atoms with van der Waals surface area (Å²) in [7, 11) is 0. The number of amides is 1. The number of carbonyl (C=O) groups is 1. The summed E-state index contributed by atoms with van der Waals surface area (Å²) in [6.45, 7) is 10.2. The maximum Gasteiger partial charge on any atom is 0.410 e. The summed E-state index contributed by atoms with van der Waals surface area (Å²) in [5, 5.41) is 0. The highest BCUT2D eigenvalue weighted by atomic mass is 16.6. The van der Waals surface area contributed by atoms with E-state index in [4.69, 9.17) is 11.2 Å². The highest BCUT2D eigenvalue weighted by Crippen LogP contribution is 2.26. The van der Waals surface area contributed by atoms with Crippen LogP contribution in [0.5, 0.6) is 0 Å². The molecule has 1 fully saturated rings. The standard InChI is InChI=1S/C17H26N2O2/c1-6-14-7-8-15(11-14)19-10-9-18(12-13(19)2)16(20)21-17(3,4)5/h1,11,13,15H,7-10,12H2,2-5H3/t13-,15?/m1/s1. The van der Waals surface area contributed by atoms with Crippen LogP contribution >= 0.6 is 0 Å². The molecule has 0 radical (unpaired) electrons. The van der Waals surface area contributed by atoms with E-state index < -0.39 is 5.60 Å². The fourth-order valence-corrected chi connectivity index (χ4v) is 3.04. The number of carbonyl (C=O) groups excluding carboxylic acids is 1. The fraction of sp³-hybridized carbons (Fsp3) is 0.706. The van der Waals surface area contributed by atoms with Gasteiger partial charge in [-0.1, -0.05) is 12.0 Å². The molecule has 0 saturated carbocycles. The van der Waals surface area contributed by atoms with E-state index in [0.717, 1.165) is 31.5 Å². The van der Waals surface area contributed by atoms with Gasteiger partial charge in [-0.05, 0) is 46.1 Å². The van der Waals surface area contributed by atoms with Crippen LogP contribution in [0.1, 0.15) is 40.5 Å². The van der Waals surface area contributed by atoms with Crippen molar-refractivity contribution in [1.29, 1.82) is 0 Å². The van der Waals surface area contributed by atoms with Crippen LogP contribution in [-0.4, -0.2) is 53.2 Å². The number of allylic oxidation sites excluding steroid dienone is 1. The van der Waals surface area contributed by atoms with E-state index in [1.807, 2.05) is 25.7 Å². The highest BCUT2D eigenvalue weighted by molar-refractivity contribution is 5.68. The monoisotopic (exact) mass is 290 g/mol. The van der Waals surface area contributed by atoms with Crippen molar-refractivity contribution in [2.75, 3.05) is 19.6 Å². The van der Waals surface area contributed by atoms with Gasteiger partial charge in [0.15, 0.2) is 0 Å². The van der Waals surface area contributed by atoms with Gasteiger partial charge in [0.1, 0.15) is 5.60 Å². The molecule has 2 atom stereocenters. The lowest BCUT2D eigenvalue weighted by Crippen LogP contribution is -2.56. The number of hydrogen-bond acceptors (Lipinski definition) is 3. The van der Waals surface area contributed by atoms with Gasteiger partial charge in [-0.2, -0.15) is 0 Å². The van der Waals surface area contributed by atoms with Gasteiger partial charge in [0.25, 0.3) is 0 Å². The Labute approximate surface area is 128 Å². The third kappa shape index (κ3) is 4.01. The smallest absolute Gasteiger partial charge is 0.410 e. The molecule has 0 N–H and O–H groups in total. The summed E-state index contributed by atoms with van der Waals surface area (Å²) in [4.78, 5) is 16.4. The van der Waals surface area contributed by atoms with Gasteiger partial charge in [0, 0.05) is 31.7 Å². The Morgan fingerprint density at radius 1 is 1.43 bits per heavy atom. The fourth-order valence-electron chi connectivity index (χ4n) is 3.04. The van der Waals surface area contributed by atoms with Crippen molar-refractivity contribution in [3.8, 4) is 12.3 Å². The van der Waals surface area contributed by atoms with Crippen molar-refractivity contribution < 1.29 is 9.53 Å². The second-order valence-corrected chi connectivity index (χ2v) is 6.96. The quantitative estimate of drug-likeness (QED) is 0.696. The van der Waals surface area contributed by atoms with Gasteiger partial charge in [-0.3, -0.25) is 4.90 Å². The topological polar surface area (TPSA) is 32.8 Å². The summed E-state index contributed by atoms with van der Waals surface area (Å²) in [5.41, 5.74) is 0.676. The SMILES string of the molecule is C#CC1=CC(N2CCN(C(=O)OC(C)(C)C)C[C@H]2C)CC1. The first kappa shape index (κ1) is 15.9. The van der Waals surface area contributed by atoms with Crippen LogP contribution in [-0.2, 0) is 4.74 Å². The number of rotatable bonds is 1. The van der Waals surface area contributed by atoms with Gasteiger partial charge >= 0.3 is 6.09 Å². The van der Waals surface area contributed by atoms with E-state index in [-0.39, 0.29) is 6.09 Å². The van der Waals surface area contributed by atoms with E-state index in [9.17, 15) is 4.79 Å². The third-order valence-electron chi connectivity index (χ3n) is 4.04. The first-order chi connectivity index (χ1) is 9.80. The van der Waals surface area contributed by atoms with Gasteiger partial charge in [0.2, 0.25) is 0 Å². The summed E-state index contributed by atoms with van der Waals surface area (Å²) < 4.78 is 5.45. The van der Waals surface area contributed by atoms with Crippen LogP contribution in [0.25, 0.3) is 0 Å². The first-order valence-corrected chi connectivity index (χ1v) is 7.71. The summed E-state index contributed by atoms with van der Waals surface area (Å²) in [5.74, 6) is 2.75. The number of hydrogen-bond donors (Lipinski definition) is 0. The molecule has 1 aliphatic carbocycles. The van der Waals surface area contributed by atoms with E-state index in [2.05, 4.69) is 23.8 Å². The van der Waals surface area contributed by atoms with Crippen LogP contribution in [0.4, 0.5) is 4.79 Å². The first-order valence-electron chi connectivity index (χ1n) is 7.71. The minimum Gasteiger partial charge on any atom is -0.444 e. The summed E-state index contributed by atoms with van der Waals surface area (Å²) in [6, 6.07) is 0.747. The molecule has 0 aromatic carbocycles. The second kappa shape index (κ2) is 6.11. The molecule has 4 heteroatoms. The molecule has 1 saturated heterocycles. The van der Waals surface area contributed by atoms with E-state index >= 15 is 0 Å². The maximum atomic E-state index is 12.1. The number of terminal acetylenes is 1. The van der Waals surface area contributed by atoms with Crippen LogP contribution in [0.3, 0.4) is 0 Å². The lowest BCUT2D eigenvalue weighted by molar-refractivity contribution is 0.00164. The molecule has 2 aliphatic rings. The van der Waals surface area contributed by atoms with Crippen LogP contribution < -0.4 is 0 Å². The number of piperazine rings is 1. The predicted molar refractivity (Wildman–Crippen MR) is 83.9 cm³/mol. The molecule has 1 heterocycles. The number of ether oxygens (including phenoxy) is 1. The van der Waals surface area contributed by atoms with Crippen molar-refractivity contribution in [3.05, 3.63) is 11.6 Å². The van der Waals surface area contributed by atoms with E-state index in [1.54, 1.807) is 0 Å². The van der Waals surface area contributed by atoms with E-state index in [0.29, 0.717) is 18.6 Å². The lowest BCUT2D eigenvalue weighted by atomic mass is 10.1. The van der Waals surface area contributed by atoms with E-state index in [1.165, 1.54) is 0 Å². The van der Waals surface area contributed by atoms with Crippen molar-refractivity contribution in [2.45, 2.75) is 58.2 Å². The largest absolute Gasteiger partial charge is 0.444 e. The Hall–Kier alpha value is -1.47. The van der Waals surface area contributed by atoms with Gasteiger partial charge < -0.3 is 9.64 Å². The molecule has 0 aromatic heterocycles. The Kier molecular flexibility index (Phi) is 4.63. The molecule has 4 nitrogen and oxygen atoms in total. The minimum atomic E-state index is -0.437. The highest BCUT2D eigenvalue weighted by Gasteiger charge is 2.33. The second-order valence-electron chi connectivity index (χ2n) is 6.96. The molecule has 116 valence electrons. The van der Waals surface area contributed by atoms with Crippen LogP contribution in [0, 0.1) is 12.3 Å². The Balaban J connectivity index is 1.92. The van der Waals surface area contributed by atoms with Crippen molar-refractivity contribution in [1.82, 2.24) is 9.80 Å². The third-order valence-corrected chi connectivity index (χ3v) is 4.04. The lowest BCUT2D eigenvalue weighted by Gasteiger charge is -2.42. The normalized spacial score (nSPS) is 27.2. The zero-order valence-electron chi connectivity index (χ0n) is 13.6. The molecule has 1 unspecified atom stereocenters. The van der Waals surface area contributed by atoms with Crippen molar-refractivity contribution in [2.24, 2.45) is 0 Å². The van der Waals surface area contributed by atoms with Gasteiger partial charge in [-0.15, -0.1) is 6.42 Å². The Bertz CT molecular complexity index is 470.